The molecule has 0 spiro atoms. The van der Waals surface area contributed by atoms with Crippen LogP contribution in [0.25, 0.3) is 0 Å². The number of amides is 1. The molecule has 6 heteroatoms. The third-order valence-electron chi connectivity index (χ3n) is 4.96. The number of rotatable bonds is 7. The third-order valence-corrected chi connectivity index (χ3v) is 4.96. The van der Waals surface area contributed by atoms with E-state index in [2.05, 4.69) is 10.2 Å². The zero-order chi connectivity index (χ0) is 18.8. The summed E-state index contributed by atoms with van der Waals surface area (Å²) in [7, 11) is 1.54. The van der Waals surface area contributed by atoms with E-state index in [1.807, 2.05) is 30.3 Å². The van der Waals surface area contributed by atoms with Crippen molar-refractivity contribution in [2.45, 2.75) is 31.5 Å². The monoisotopic (exact) mass is 368 g/mol. The molecule has 0 unspecified atom stereocenters. The molecule has 1 aliphatic heterocycles. The van der Waals surface area contributed by atoms with E-state index in [9.17, 15) is 9.90 Å². The molecule has 0 radical (unpaired) electrons. The van der Waals surface area contributed by atoms with Crippen molar-refractivity contribution >= 4 is 5.91 Å². The molecule has 2 aromatic carbocycles. The fourth-order valence-corrected chi connectivity index (χ4v) is 3.25. The number of nitrogens with zero attached hydrogens (tertiary/aromatic N) is 1. The molecule has 0 bridgehead atoms. The zero-order valence-electron chi connectivity index (χ0n) is 15.4. The predicted molar refractivity (Wildman–Crippen MR) is 101 cm³/mol. The van der Waals surface area contributed by atoms with E-state index in [1.54, 1.807) is 19.2 Å². The van der Waals surface area contributed by atoms with Gasteiger partial charge in [0.1, 0.15) is 11.9 Å². The lowest BCUT2D eigenvalue weighted by molar-refractivity contribution is 0.0136. The Hall–Kier alpha value is -2.73. The van der Waals surface area contributed by atoms with Crippen LogP contribution in [0.1, 0.15) is 28.8 Å². The number of nitrogens with one attached hydrogen (secondary N) is 1. The number of carbonyl (C=O) groups is 1. The van der Waals surface area contributed by atoms with E-state index in [-0.39, 0.29) is 17.8 Å². The zero-order valence-corrected chi connectivity index (χ0v) is 15.4. The Balaban J connectivity index is 1.34. The highest BCUT2D eigenvalue weighted by molar-refractivity contribution is 5.97. The fraction of sp³-hybridized carbons (Fsp3) is 0.381. The minimum atomic E-state index is -0.0643. The Bertz CT molecular complexity index is 829. The maximum atomic E-state index is 12.4. The summed E-state index contributed by atoms with van der Waals surface area (Å²) in [6, 6.07) is 13.2. The van der Waals surface area contributed by atoms with Crippen LogP contribution in [0.5, 0.6) is 17.2 Å². The number of phenolic OH excluding ortho intramolecular Hbond substituents is 1. The molecule has 1 saturated heterocycles. The molecule has 1 saturated carbocycles. The summed E-state index contributed by atoms with van der Waals surface area (Å²) in [5, 5.41) is 13.2. The number of carbonyl (C=O) groups excluding carboxylic acids is 1. The lowest BCUT2D eigenvalue weighted by Gasteiger charge is -2.39. The molecule has 2 aliphatic rings. The summed E-state index contributed by atoms with van der Waals surface area (Å²) in [5.74, 6) is 1.23. The van der Waals surface area contributed by atoms with Crippen LogP contribution in [-0.2, 0) is 6.54 Å². The summed E-state index contributed by atoms with van der Waals surface area (Å²) < 4.78 is 11.2. The van der Waals surface area contributed by atoms with Crippen LogP contribution in [0.15, 0.2) is 42.5 Å². The van der Waals surface area contributed by atoms with Crippen molar-refractivity contribution in [1.82, 2.24) is 10.2 Å². The maximum Gasteiger partial charge on any atom is 0.255 e. The number of aromatic hydroxyl groups is 1. The van der Waals surface area contributed by atoms with E-state index in [4.69, 9.17) is 9.47 Å². The standard InChI is InChI=1S/C21H24N2O4/c1-26-19-8-4-5-14(20(19)24)11-23-12-16(13-23)27-18-7-3-2-6-17(18)21(25)22-15-9-10-15/h2-8,15-16,24H,9-13H2,1H3,(H,22,25). The minimum Gasteiger partial charge on any atom is -0.504 e. The molecule has 142 valence electrons. The number of para-hydroxylation sites is 2. The Labute approximate surface area is 158 Å². The lowest BCUT2D eigenvalue weighted by Crippen LogP contribution is -2.53. The fourth-order valence-electron chi connectivity index (χ4n) is 3.25. The van der Waals surface area contributed by atoms with Gasteiger partial charge in [0.05, 0.1) is 12.7 Å². The Morgan fingerprint density at radius 2 is 1.89 bits per heavy atom. The Morgan fingerprint density at radius 3 is 2.63 bits per heavy atom. The van der Waals surface area contributed by atoms with Gasteiger partial charge in [-0.25, -0.2) is 0 Å². The molecule has 27 heavy (non-hydrogen) atoms. The lowest BCUT2D eigenvalue weighted by atomic mass is 10.1. The van der Waals surface area contributed by atoms with Crippen LogP contribution in [-0.4, -0.2) is 48.3 Å². The van der Waals surface area contributed by atoms with Gasteiger partial charge in [0.25, 0.3) is 5.91 Å². The van der Waals surface area contributed by atoms with Gasteiger partial charge < -0.3 is 19.9 Å². The average Bonchev–Trinajstić information content (AvgIpc) is 3.45. The molecule has 0 aromatic heterocycles. The molecule has 2 fully saturated rings. The van der Waals surface area contributed by atoms with Crippen LogP contribution in [0, 0.1) is 0 Å². The first kappa shape index (κ1) is 17.7. The number of hydrogen-bond acceptors (Lipinski definition) is 5. The van der Waals surface area contributed by atoms with E-state index >= 15 is 0 Å². The SMILES string of the molecule is COc1cccc(CN2CC(Oc3ccccc3C(=O)NC3CC3)C2)c1O. The van der Waals surface area contributed by atoms with Crippen molar-refractivity contribution in [2.24, 2.45) is 0 Å². The van der Waals surface area contributed by atoms with Crippen LogP contribution in [0.3, 0.4) is 0 Å². The summed E-state index contributed by atoms with van der Waals surface area (Å²) >= 11 is 0. The molecule has 4 rings (SSSR count). The van der Waals surface area contributed by atoms with Crippen LogP contribution in [0.2, 0.25) is 0 Å². The van der Waals surface area contributed by atoms with Gasteiger partial charge in [0.15, 0.2) is 11.5 Å². The van der Waals surface area contributed by atoms with Crippen molar-refractivity contribution in [3.8, 4) is 17.2 Å². The van der Waals surface area contributed by atoms with Gasteiger partial charge in [-0.2, -0.15) is 0 Å². The van der Waals surface area contributed by atoms with Crippen molar-refractivity contribution < 1.29 is 19.4 Å². The number of hydrogen-bond donors (Lipinski definition) is 2. The second-order valence-corrected chi connectivity index (χ2v) is 7.15. The first-order valence-electron chi connectivity index (χ1n) is 9.28. The van der Waals surface area contributed by atoms with Crippen LogP contribution in [0.4, 0.5) is 0 Å². The number of benzene rings is 2. The van der Waals surface area contributed by atoms with Gasteiger partial charge >= 0.3 is 0 Å². The summed E-state index contributed by atoms with van der Waals surface area (Å²) in [5.41, 5.74) is 1.42. The number of methoxy groups -OCH3 is 1. The molecule has 2 aromatic rings. The maximum absolute atomic E-state index is 12.4. The highest BCUT2D eigenvalue weighted by Crippen LogP contribution is 2.32. The summed E-state index contributed by atoms with van der Waals surface area (Å²) in [6.45, 7) is 2.12. The molecular weight excluding hydrogens is 344 g/mol. The van der Waals surface area contributed by atoms with Gasteiger partial charge in [0.2, 0.25) is 0 Å². The van der Waals surface area contributed by atoms with E-state index in [0.29, 0.717) is 29.6 Å². The third kappa shape index (κ3) is 4.01. The average molecular weight is 368 g/mol. The second kappa shape index (κ2) is 7.48. The molecule has 1 amide bonds. The number of ether oxygens (including phenoxy) is 2. The summed E-state index contributed by atoms with van der Waals surface area (Å²) in [6.07, 6.45) is 2.15. The summed E-state index contributed by atoms with van der Waals surface area (Å²) in [4.78, 5) is 14.6. The van der Waals surface area contributed by atoms with Crippen molar-refractivity contribution in [3.05, 3.63) is 53.6 Å². The Morgan fingerprint density at radius 1 is 1.15 bits per heavy atom. The number of likely N-dealkylation sites (tertiary alicyclic amines) is 1. The van der Waals surface area contributed by atoms with Crippen LogP contribution < -0.4 is 14.8 Å². The highest BCUT2D eigenvalue weighted by atomic mass is 16.5. The smallest absolute Gasteiger partial charge is 0.255 e. The number of phenols is 1. The van der Waals surface area contributed by atoms with Crippen molar-refractivity contribution in [1.29, 1.82) is 0 Å². The van der Waals surface area contributed by atoms with Gasteiger partial charge in [-0.05, 0) is 31.0 Å². The topological polar surface area (TPSA) is 71.0 Å². The van der Waals surface area contributed by atoms with E-state index in [1.165, 1.54) is 0 Å². The first-order chi connectivity index (χ1) is 13.1. The van der Waals surface area contributed by atoms with Crippen molar-refractivity contribution in [3.63, 3.8) is 0 Å². The van der Waals surface area contributed by atoms with Gasteiger partial charge in [0, 0.05) is 31.2 Å². The molecule has 1 aliphatic carbocycles. The first-order valence-corrected chi connectivity index (χ1v) is 9.28. The van der Waals surface area contributed by atoms with Gasteiger partial charge in [-0.1, -0.05) is 24.3 Å². The minimum absolute atomic E-state index is 0.0348. The van der Waals surface area contributed by atoms with Crippen molar-refractivity contribution in [2.75, 3.05) is 20.2 Å². The molecule has 1 heterocycles. The van der Waals surface area contributed by atoms with Gasteiger partial charge in [-0.3, -0.25) is 9.69 Å². The molecule has 6 nitrogen and oxygen atoms in total. The predicted octanol–water partition coefficient (Wildman–Crippen LogP) is 2.56. The molecule has 0 atom stereocenters. The van der Waals surface area contributed by atoms with Gasteiger partial charge in [-0.15, -0.1) is 0 Å². The largest absolute Gasteiger partial charge is 0.504 e. The molecular formula is C21H24N2O4. The Kier molecular flexibility index (Phi) is 4.90. The quantitative estimate of drug-likeness (QED) is 0.786. The second-order valence-electron chi connectivity index (χ2n) is 7.15. The molecule has 2 N–H and O–H groups in total. The van der Waals surface area contributed by atoms with Crippen LogP contribution >= 0.6 is 0 Å². The highest BCUT2D eigenvalue weighted by Gasteiger charge is 2.31. The van der Waals surface area contributed by atoms with E-state index < -0.39 is 0 Å². The van der Waals surface area contributed by atoms with E-state index in [0.717, 1.165) is 31.5 Å². The normalized spacial score (nSPS) is 17.2.